The molecule has 2 heterocycles. The maximum atomic E-state index is 12.1. The molecular formula is C12H16N2O3. The first-order valence-corrected chi connectivity index (χ1v) is 5.79. The van der Waals surface area contributed by atoms with Gasteiger partial charge in [0.1, 0.15) is 5.56 Å². The Hall–Kier alpha value is -1.62. The number of aliphatic hydroxyl groups excluding tert-OH is 1. The Morgan fingerprint density at radius 3 is 3.18 bits per heavy atom. The van der Waals surface area contributed by atoms with Crippen molar-refractivity contribution in [1.29, 1.82) is 0 Å². The molecule has 5 heteroatoms. The van der Waals surface area contributed by atoms with Gasteiger partial charge in [-0.3, -0.25) is 4.79 Å². The van der Waals surface area contributed by atoms with E-state index in [1.54, 1.807) is 17.0 Å². The summed E-state index contributed by atoms with van der Waals surface area (Å²) in [6, 6.07) is 3.20. The molecule has 1 aromatic rings. The Labute approximate surface area is 99.9 Å². The highest BCUT2D eigenvalue weighted by atomic mass is 16.5. The van der Waals surface area contributed by atoms with E-state index in [2.05, 4.69) is 0 Å². The first-order chi connectivity index (χ1) is 8.20. The SMILES string of the molecule is O=C(c1ccc[n+]([O-])c1)N1CCCC(CO)C1. The Balaban J connectivity index is 2.09. The van der Waals surface area contributed by atoms with E-state index in [0.29, 0.717) is 23.4 Å². The van der Waals surface area contributed by atoms with Gasteiger partial charge in [-0.2, -0.15) is 4.73 Å². The van der Waals surface area contributed by atoms with Crippen molar-refractivity contribution in [1.82, 2.24) is 4.90 Å². The van der Waals surface area contributed by atoms with Crippen molar-refractivity contribution in [2.24, 2.45) is 5.92 Å². The molecule has 0 bridgehead atoms. The number of carbonyl (C=O) groups is 1. The van der Waals surface area contributed by atoms with Gasteiger partial charge in [-0.05, 0) is 24.8 Å². The van der Waals surface area contributed by atoms with E-state index in [1.165, 1.54) is 12.4 Å². The minimum absolute atomic E-state index is 0.111. The second-order valence-electron chi connectivity index (χ2n) is 4.39. The van der Waals surface area contributed by atoms with E-state index in [1.807, 2.05) is 0 Å². The number of rotatable bonds is 2. The summed E-state index contributed by atoms with van der Waals surface area (Å²) in [5.74, 6) is 0.0316. The van der Waals surface area contributed by atoms with E-state index >= 15 is 0 Å². The second kappa shape index (κ2) is 5.14. The predicted octanol–water partition coefficient (Wildman–Crippen LogP) is 0.165. The number of hydrogen-bond acceptors (Lipinski definition) is 3. The van der Waals surface area contributed by atoms with Crippen LogP contribution in [0.5, 0.6) is 0 Å². The summed E-state index contributed by atoms with van der Waals surface area (Å²) in [6.07, 6.45) is 4.49. The number of aliphatic hydroxyl groups is 1. The minimum atomic E-state index is -0.131. The zero-order chi connectivity index (χ0) is 12.3. The number of hydrogen-bond donors (Lipinski definition) is 1. The van der Waals surface area contributed by atoms with Crippen molar-refractivity contribution < 1.29 is 14.6 Å². The number of likely N-dealkylation sites (tertiary alicyclic amines) is 1. The van der Waals surface area contributed by atoms with Gasteiger partial charge in [0.2, 0.25) is 0 Å². The van der Waals surface area contributed by atoms with Crippen LogP contribution in [0.2, 0.25) is 0 Å². The van der Waals surface area contributed by atoms with E-state index in [4.69, 9.17) is 5.11 Å². The topological polar surface area (TPSA) is 67.5 Å². The molecule has 0 aromatic carbocycles. The molecule has 5 nitrogen and oxygen atoms in total. The zero-order valence-corrected chi connectivity index (χ0v) is 9.58. The van der Waals surface area contributed by atoms with Crippen LogP contribution in [0.1, 0.15) is 23.2 Å². The third-order valence-corrected chi connectivity index (χ3v) is 3.09. The van der Waals surface area contributed by atoms with Gasteiger partial charge in [-0.25, -0.2) is 0 Å². The molecule has 1 aliphatic heterocycles. The minimum Gasteiger partial charge on any atom is -0.619 e. The molecule has 1 N–H and O–H groups in total. The highest BCUT2D eigenvalue weighted by molar-refractivity contribution is 5.93. The molecule has 1 fully saturated rings. The van der Waals surface area contributed by atoms with Gasteiger partial charge in [0.25, 0.3) is 5.91 Å². The Kier molecular flexibility index (Phi) is 3.58. The largest absolute Gasteiger partial charge is 0.619 e. The van der Waals surface area contributed by atoms with Gasteiger partial charge in [0, 0.05) is 25.8 Å². The van der Waals surface area contributed by atoms with E-state index in [0.717, 1.165) is 12.8 Å². The summed E-state index contributed by atoms with van der Waals surface area (Å²) in [7, 11) is 0. The Morgan fingerprint density at radius 1 is 1.65 bits per heavy atom. The molecule has 1 atom stereocenters. The van der Waals surface area contributed by atoms with Crippen molar-refractivity contribution >= 4 is 5.91 Å². The molecule has 1 saturated heterocycles. The number of carbonyl (C=O) groups excluding carboxylic acids is 1. The van der Waals surface area contributed by atoms with Crippen molar-refractivity contribution in [3.8, 4) is 0 Å². The molecule has 92 valence electrons. The lowest BCUT2D eigenvalue weighted by molar-refractivity contribution is -0.605. The summed E-state index contributed by atoms with van der Waals surface area (Å²) in [5.41, 5.74) is 0.404. The first kappa shape index (κ1) is 11.9. The Bertz CT molecular complexity index is 408. The molecular weight excluding hydrogens is 220 g/mol. The van der Waals surface area contributed by atoms with Gasteiger partial charge < -0.3 is 15.2 Å². The molecule has 1 unspecified atom stereocenters. The standard InChI is InChI=1S/C12H16N2O3/c15-9-10-3-1-5-13(7-10)12(16)11-4-2-6-14(17)8-11/h2,4,6,8,10,15H,1,3,5,7,9H2. The summed E-state index contributed by atoms with van der Waals surface area (Å²) in [6.45, 7) is 1.38. The fraction of sp³-hybridized carbons (Fsp3) is 0.500. The van der Waals surface area contributed by atoms with Crippen LogP contribution in [0, 0.1) is 11.1 Å². The molecule has 1 amide bonds. The second-order valence-corrected chi connectivity index (χ2v) is 4.39. The third kappa shape index (κ3) is 2.74. The van der Waals surface area contributed by atoms with Crippen LogP contribution in [0.15, 0.2) is 24.5 Å². The normalized spacial score (nSPS) is 20.3. The lowest BCUT2D eigenvalue weighted by atomic mass is 9.98. The molecule has 2 rings (SSSR count). The number of piperidine rings is 1. The Morgan fingerprint density at radius 2 is 2.47 bits per heavy atom. The van der Waals surface area contributed by atoms with Crippen LogP contribution in [0.4, 0.5) is 0 Å². The third-order valence-electron chi connectivity index (χ3n) is 3.09. The van der Waals surface area contributed by atoms with Crippen molar-refractivity contribution in [2.45, 2.75) is 12.8 Å². The lowest BCUT2D eigenvalue weighted by Crippen LogP contribution is -2.41. The maximum absolute atomic E-state index is 12.1. The van der Waals surface area contributed by atoms with Crippen molar-refractivity contribution in [3.63, 3.8) is 0 Å². The van der Waals surface area contributed by atoms with Crippen molar-refractivity contribution in [2.75, 3.05) is 19.7 Å². The highest BCUT2D eigenvalue weighted by Gasteiger charge is 2.24. The molecule has 1 aromatic heterocycles. The van der Waals surface area contributed by atoms with E-state index in [-0.39, 0.29) is 18.4 Å². The summed E-state index contributed by atoms with van der Waals surface area (Å²) in [5, 5.41) is 20.2. The number of aromatic nitrogens is 1. The van der Waals surface area contributed by atoms with Gasteiger partial charge in [0.05, 0.1) is 0 Å². The average Bonchev–Trinajstić information content (AvgIpc) is 2.38. The highest BCUT2D eigenvalue weighted by Crippen LogP contribution is 2.17. The van der Waals surface area contributed by atoms with Gasteiger partial charge in [0.15, 0.2) is 12.4 Å². The lowest BCUT2D eigenvalue weighted by Gasteiger charge is -2.31. The van der Waals surface area contributed by atoms with Crippen LogP contribution in [-0.4, -0.2) is 35.6 Å². The quantitative estimate of drug-likeness (QED) is 0.587. The van der Waals surface area contributed by atoms with Gasteiger partial charge >= 0.3 is 0 Å². The van der Waals surface area contributed by atoms with Gasteiger partial charge in [-0.1, -0.05) is 0 Å². The summed E-state index contributed by atoms with van der Waals surface area (Å²) < 4.78 is 0.626. The predicted molar refractivity (Wildman–Crippen MR) is 61.1 cm³/mol. The fourth-order valence-corrected chi connectivity index (χ4v) is 2.16. The van der Waals surface area contributed by atoms with Crippen molar-refractivity contribution in [3.05, 3.63) is 35.3 Å². The van der Waals surface area contributed by atoms with Crippen LogP contribution in [0.25, 0.3) is 0 Å². The smallest absolute Gasteiger partial charge is 0.259 e. The maximum Gasteiger partial charge on any atom is 0.259 e. The fourth-order valence-electron chi connectivity index (χ4n) is 2.16. The molecule has 0 radical (unpaired) electrons. The van der Waals surface area contributed by atoms with Crippen LogP contribution >= 0.6 is 0 Å². The van der Waals surface area contributed by atoms with Crippen LogP contribution in [-0.2, 0) is 0 Å². The van der Waals surface area contributed by atoms with Crippen LogP contribution in [0.3, 0.4) is 0 Å². The summed E-state index contributed by atoms with van der Waals surface area (Å²) >= 11 is 0. The van der Waals surface area contributed by atoms with E-state index in [9.17, 15) is 10.0 Å². The first-order valence-electron chi connectivity index (χ1n) is 5.79. The van der Waals surface area contributed by atoms with E-state index < -0.39 is 0 Å². The van der Waals surface area contributed by atoms with Gasteiger partial charge in [-0.15, -0.1) is 0 Å². The number of pyridine rings is 1. The number of nitrogens with zero attached hydrogens (tertiary/aromatic N) is 2. The average molecular weight is 236 g/mol. The molecule has 0 spiro atoms. The molecule has 1 aliphatic rings. The molecule has 17 heavy (non-hydrogen) atoms. The molecule has 0 saturated carbocycles. The summed E-state index contributed by atoms with van der Waals surface area (Å²) in [4.78, 5) is 13.8. The number of amides is 1. The van der Waals surface area contributed by atoms with Crippen LogP contribution < -0.4 is 4.73 Å². The molecule has 0 aliphatic carbocycles. The zero-order valence-electron chi connectivity index (χ0n) is 9.58. The monoisotopic (exact) mass is 236 g/mol.